The van der Waals surface area contributed by atoms with Crippen molar-refractivity contribution >= 4 is 75.4 Å². The Morgan fingerprint density at radius 3 is 2.38 bits per heavy atom. The molecule has 9 heteroatoms. The van der Waals surface area contributed by atoms with Gasteiger partial charge in [-0.1, -0.05) is 63.7 Å². The number of fused-ring (bicyclic) bond motifs is 2. The zero-order chi connectivity index (χ0) is 17.7. The van der Waals surface area contributed by atoms with E-state index in [1.54, 1.807) is 0 Å². The first-order valence-electron chi connectivity index (χ1n) is 7.05. The number of carbonyl (C=O) groups is 1. The molecule has 0 N–H and O–H groups in total. The maximum Gasteiger partial charge on any atom is 0.311 e. The number of hydrogen-bond donors (Lipinski definition) is 0. The predicted molar refractivity (Wildman–Crippen MR) is 104 cm³/mol. The van der Waals surface area contributed by atoms with E-state index in [0.717, 1.165) is 21.8 Å². The molecule has 3 rings (SSSR count). The summed E-state index contributed by atoms with van der Waals surface area (Å²) in [5.41, 5.74) is -0.0394. The van der Waals surface area contributed by atoms with Gasteiger partial charge >= 0.3 is 5.97 Å². The number of hydrogen-bond acceptors (Lipinski definition) is 4. The lowest BCUT2D eigenvalue weighted by Gasteiger charge is -2.30. The second-order valence-electron chi connectivity index (χ2n) is 5.96. The molecule has 1 aromatic carbocycles. The summed E-state index contributed by atoms with van der Waals surface area (Å²) in [6.45, 7) is 0. The summed E-state index contributed by atoms with van der Waals surface area (Å²) in [7, 11) is 0. The third-order valence-electron chi connectivity index (χ3n) is 4.40. The maximum absolute atomic E-state index is 12.3. The SMILES string of the molecule is O=C(C[C@@H]1C[C@@]2(Br)C[C@]1(Br)C(Br)=C2Br)Oc1ccc([N+](=O)[O-])cc1. The standard InChI is InChI=1S/C15H11Br4NO4/c16-12-13(17)15(19)7-14(12,18)6-8(15)5-11(21)24-10-3-1-9(2-4-10)20(22)23/h1-4,8H,5-7H2/t8-,14-,15-/m1/s1. The summed E-state index contributed by atoms with van der Waals surface area (Å²) in [5.74, 6) is 0.0348. The molecule has 0 spiro atoms. The van der Waals surface area contributed by atoms with Crippen molar-refractivity contribution in [2.45, 2.75) is 27.9 Å². The van der Waals surface area contributed by atoms with Gasteiger partial charge in [-0.15, -0.1) is 0 Å². The molecule has 0 aliphatic heterocycles. The average Bonchev–Trinajstić information content (AvgIpc) is 2.87. The van der Waals surface area contributed by atoms with E-state index >= 15 is 0 Å². The molecule has 3 atom stereocenters. The topological polar surface area (TPSA) is 69.4 Å². The molecule has 1 aromatic rings. The van der Waals surface area contributed by atoms with Crippen molar-refractivity contribution in [2.75, 3.05) is 0 Å². The summed E-state index contributed by atoms with van der Waals surface area (Å²) < 4.78 is 6.97. The van der Waals surface area contributed by atoms with E-state index in [4.69, 9.17) is 4.74 Å². The summed E-state index contributed by atoms with van der Waals surface area (Å²) in [6, 6.07) is 5.49. The lowest BCUT2D eigenvalue weighted by atomic mass is 9.90. The highest BCUT2D eigenvalue weighted by atomic mass is 79.9. The molecule has 0 aromatic heterocycles. The number of esters is 1. The highest BCUT2D eigenvalue weighted by Gasteiger charge is 2.61. The molecular weight excluding hydrogens is 578 g/mol. The predicted octanol–water partition coefficient (Wildman–Crippen LogP) is 5.58. The quantitative estimate of drug-likeness (QED) is 0.151. The minimum absolute atomic E-state index is 0.0394. The first kappa shape index (κ1) is 18.5. The molecular formula is C15H11Br4NO4. The number of ether oxygens (including phenoxy) is 1. The Kier molecular flexibility index (Phi) is 5.01. The van der Waals surface area contributed by atoms with Crippen LogP contribution in [0.3, 0.4) is 0 Å². The normalized spacial score (nSPS) is 31.4. The Hall–Kier alpha value is -0.250. The largest absolute Gasteiger partial charge is 0.427 e. The van der Waals surface area contributed by atoms with Crippen LogP contribution in [0, 0.1) is 16.0 Å². The highest BCUT2D eigenvalue weighted by molar-refractivity contribution is 9.16. The number of nitro groups is 1. The van der Waals surface area contributed by atoms with Gasteiger partial charge in [0.05, 0.1) is 20.0 Å². The Balaban J connectivity index is 1.67. The summed E-state index contributed by atoms with van der Waals surface area (Å²) >= 11 is 14.8. The van der Waals surface area contributed by atoms with Crippen molar-refractivity contribution in [3.8, 4) is 5.75 Å². The Bertz CT molecular complexity index is 750. The number of allylic oxidation sites excluding steroid dienone is 2. The molecule has 128 valence electrons. The van der Waals surface area contributed by atoms with Gasteiger partial charge in [0, 0.05) is 21.1 Å². The van der Waals surface area contributed by atoms with Crippen molar-refractivity contribution in [1.82, 2.24) is 0 Å². The van der Waals surface area contributed by atoms with Crippen LogP contribution in [0.15, 0.2) is 33.2 Å². The zero-order valence-electron chi connectivity index (χ0n) is 12.1. The fraction of sp³-hybridized carbons (Fsp3) is 0.400. The molecule has 1 fully saturated rings. The molecule has 0 radical (unpaired) electrons. The van der Waals surface area contributed by atoms with Crippen LogP contribution in [0.25, 0.3) is 0 Å². The van der Waals surface area contributed by atoms with Gasteiger partial charge in [0.25, 0.3) is 5.69 Å². The fourth-order valence-corrected chi connectivity index (χ4v) is 7.66. The van der Waals surface area contributed by atoms with E-state index in [2.05, 4.69) is 63.7 Å². The number of rotatable bonds is 4. The van der Waals surface area contributed by atoms with Crippen LogP contribution in [0.2, 0.25) is 0 Å². The second-order valence-corrected chi connectivity index (χ2v) is 10.5. The van der Waals surface area contributed by atoms with E-state index in [9.17, 15) is 14.9 Å². The number of alkyl halides is 2. The maximum atomic E-state index is 12.3. The van der Waals surface area contributed by atoms with E-state index < -0.39 is 4.92 Å². The third-order valence-corrected chi connectivity index (χ3v) is 10.6. The van der Waals surface area contributed by atoms with Crippen LogP contribution >= 0.6 is 63.7 Å². The summed E-state index contributed by atoms with van der Waals surface area (Å²) in [6.07, 6.45) is 1.91. The first-order chi connectivity index (χ1) is 11.2. The van der Waals surface area contributed by atoms with Gasteiger partial charge < -0.3 is 4.74 Å². The van der Waals surface area contributed by atoms with Crippen molar-refractivity contribution < 1.29 is 14.5 Å². The van der Waals surface area contributed by atoms with Crippen molar-refractivity contribution in [3.63, 3.8) is 0 Å². The Morgan fingerprint density at radius 2 is 1.88 bits per heavy atom. The smallest absolute Gasteiger partial charge is 0.311 e. The second kappa shape index (κ2) is 6.48. The molecule has 24 heavy (non-hydrogen) atoms. The van der Waals surface area contributed by atoms with Gasteiger partial charge in [-0.05, 0) is 30.9 Å². The van der Waals surface area contributed by atoms with E-state index in [1.807, 2.05) is 0 Å². The lowest BCUT2D eigenvalue weighted by molar-refractivity contribution is -0.384. The van der Waals surface area contributed by atoms with Crippen molar-refractivity contribution in [2.24, 2.45) is 5.92 Å². The van der Waals surface area contributed by atoms with Crippen LogP contribution in [0.5, 0.6) is 5.75 Å². The zero-order valence-corrected chi connectivity index (χ0v) is 18.4. The lowest BCUT2D eigenvalue weighted by Crippen LogP contribution is -2.30. The monoisotopic (exact) mass is 585 g/mol. The van der Waals surface area contributed by atoms with Crippen LogP contribution < -0.4 is 4.74 Å². The van der Waals surface area contributed by atoms with E-state index in [0.29, 0.717) is 5.75 Å². The molecule has 0 heterocycles. The van der Waals surface area contributed by atoms with Gasteiger partial charge in [0.15, 0.2) is 0 Å². The van der Waals surface area contributed by atoms with Crippen molar-refractivity contribution in [3.05, 3.63) is 43.3 Å². The van der Waals surface area contributed by atoms with Crippen molar-refractivity contribution in [1.29, 1.82) is 0 Å². The molecule has 5 nitrogen and oxygen atoms in total. The molecule has 1 saturated carbocycles. The minimum Gasteiger partial charge on any atom is -0.427 e. The number of carbonyl (C=O) groups excluding carboxylic acids is 1. The molecule has 0 amide bonds. The summed E-state index contributed by atoms with van der Waals surface area (Å²) in [4.78, 5) is 22.4. The van der Waals surface area contributed by atoms with Gasteiger partial charge in [-0.2, -0.15) is 0 Å². The minimum atomic E-state index is -0.493. The fourth-order valence-electron chi connectivity index (χ4n) is 3.22. The van der Waals surface area contributed by atoms with Gasteiger partial charge in [-0.25, -0.2) is 0 Å². The van der Waals surface area contributed by atoms with Crippen LogP contribution in [-0.2, 0) is 4.79 Å². The number of non-ortho nitro benzene ring substituents is 1. The molecule has 2 aliphatic rings. The first-order valence-corrected chi connectivity index (χ1v) is 10.2. The van der Waals surface area contributed by atoms with E-state index in [1.165, 1.54) is 24.3 Å². The molecule has 0 unspecified atom stereocenters. The number of nitro benzene ring substituents is 1. The molecule has 0 saturated heterocycles. The number of halogens is 4. The average molecular weight is 589 g/mol. The number of nitrogens with zero attached hydrogens (tertiary/aromatic N) is 1. The van der Waals surface area contributed by atoms with Gasteiger partial charge in [0.2, 0.25) is 0 Å². The Morgan fingerprint density at radius 1 is 1.25 bits per heavy atom. The molecule has 2 bridgehead atoms. The highest BCUT2D eigenvalue weighted by Crippen LogP contribution is 2.68. The molecule has 2 aliphatic carbocycles. The number of benzene rings is 1. The summed E-state index contributed by atoms with van der Waals surface area (Å²) in [5, 5.41) is 10.6. The van der Waals surface area contributed by atoms with Crippen LogP contribution in [0.1, 0.15) is 19.3 Å². The Labute approximate surface area is 171 Å². The van der Waals surface area contributed by atoms with Gasteiger partial charge in [-0.3, -0.25) is 14.9 Å². The van der Waals surface area contributed by atoms with Crippen LogP contribution in [-0.4, -0.2) is 19.5 Å². The van der Waals surface area contributed by atoms with Gasteiger partial charge in [0.1, 0.15) is 5.75 Å². The van der Waals surface area contributed by atoms with E-state index in [-0.39, 0.29) is 32.6 Å². The third kappa shape index (κ3) is 3.12. The van der Waals surface area contributed by atoms with Crippen LogP contribution in [0.4, 0.5) is 5.69 Å².